The van der Waals surface area contributed by atoms with Gasteiger partial charge in [0.1, 0.15) is 0 Å². The SMILES string of the molecule is CC(=O)N1CCN(C(=O)c2ccccc2SC(C)C)CC1. The van der Waals surface area contributed by atoms with E-state index in [1.54, 1.807) is 23.6 Å². The van der Waals surface area contributed by atoms with Crippen molar-refractivity contribution in [3.63, 3.8) is 0 Å². The molecule has 1 aliphatic rings. The number of hydrogen-bond acceptors (Lipinski definition) is 3. The predicted octanol–water partition coefficient (Wildman–Crippen LogP) is 2.49. The Labute approximate surface area is 130 Å². The van der Waals surface area contributed by atoms with Gasteiger partial charge in [-0.2, -0.15) is 0 Å². The van der Waals surface area contributed by atoms with Crippen molar-refractivity contribution in [2.75, 3.05) is 26.2 Å². The van der Waals surface area contributed by atoms with Gasteiger partial charge in [0.25, 0.3) is 5.91 Å². The van der Waals surface area contributed by atoms with Crippen LogP contribution in [0.25, 0.3) is 0 Å². The third-order valence-corrected chi connectivity index (χ3v) is 4.57. The summed E-state index contributed by atoms with van der Waals surface area (Å²) in [4.78, 5) is 28.7. The molecule has 0 unspecified atom stereocenters. The van der Waals surface area contributed by atoms with Gasteiger partial charge in [0.2, 0.25) is 5.91 Å². The van der Waals surface area contributed by atoms with Crippen molar-refractivity contribution in [3.8, 4) is 0 Å². The molecule has 0 radical (unpaired) electrons. The molecule has 21 heavy (non-hydrogen) atoms. The average molecular weight is 306 g/mol. The minimum Gasteiger partial charge on any atom is -0.339 e. The van der Waals surface area contributed by atoms with Gasteiger partial charge >= 0.3 is 0 Å². The zero-order valence-corrected chi connectivity index (χ0v) is 13.7. The summed E-state index contributed by atoms with van der Waals surface area (Å²) in [5, 5.41) is 0.438. The number of carbonyl (C=O) groups excluding carboxylic acids is 2. The Balaban J connectivity index is 2.09. The normalized spacial score (nSPS) is 15.4. The van der Waals surface area contributed by atoms with E-state index in [1.807, 2.05) is 29.2 Å². The molecule has 0 bridgehead atoms. The Morgan fingerprint density at radius 2 is 1.62 bits per heavy atom. The maximum Gasteiger partial charge on any atom is 0.255 e. The molecule has 2 rings (SSSR count). The molecule has 0 saturated carbocycles. The number of amides is 2. The Kier molecular flexibility index (Phi) is 5.28. The lowest BCUT2D eigenvalue weighted by Crippen LogP contribution is -2.50. The molecule has 1 fully saturated rings. The molecular formula is C16H22N2O2S. The van der Waals surface area contributed by atoms with E-state index < -0.39 is 0 Å². The van der Waals surface area contributed by atoms with Crippen LogP contribution in [-0.2, 0) is 4.79 Å². The lowest BCUT2D eigenvalue weighted by Gasteiger charge is -2.34. The highest BCUT2D eigenvalue weighted by Gasteiger charge is 2.24. The molecule has 0 N–H and O–H groups in total. The zero-order valence-electron chi connectivity index (χ0n) is 12.8. The van der Waals surface area contributed by atoms with Gasteiger partial charge < -0.3 is 9.80 Å². The van der Waals surface area contributed by atoms with E-state index in [4.69, 9.17) is 0 Å². The molecule has 1 aliphatic heterocycles. The molecule has 5 heteroatoms. The van der Waals surface area contributed by atoms with Gasteiger partial charge in [0, 0.05) is 43.2 Å². The first-order chi connectivity index (χ1) is 9.99. The number of nitrogens with zero attached hydrogens (tertiary/aromatic N) is 2. The van der Waals surface area contributed by atoms with Crippen LogP contribution in [-0.4, -0.2) is 53.0 Å². The summed E-state index contributed by atoms with van der Waals surface area (Å²) in [6.45, 7) is 8.29. The Morgan fingerprint density at radius 3 is 2.19 bits per heavy atom. The molecule has 4 nitrogen and oxygen atoms in total. The quantitative estimate of drug-likeness (QED) is 0.806. The van der Waals surface area contributed by atoms with Gasteiger partial charge in [-0.25, -0.2) is 0 Å². The topological polar surface area (TPSA) is 40.6 Å². The number of carbonyl (C=O) groups is 2. The minimum absolute atomic E-state index is 0.0713. The third kappa shape index (κ3) is 4.00. The van der Waals surface area contributed by atoms with Gasteiger partial charge in [-0.05, 0) is 12.1 Å². The summed E-state index contributed by atoms with van der Waals surface area (Å²) in [5.74, 6) is 0.153. The van der Waals surface area contributed by atoms with Gasteiger partial charge in [-0.3, -0.25) is 9.59 Å². The molecule has 1 aromatic carbocycles. The average Bonchev–Trinajstić information content (AvgIpc) is 2.46. The van der Waals surface area contributed by atoms with Crippen LogP contribution in [0.5, 0.6) is 0 Å². The summed E-state index contributed by atoms with van der Waals surface area (Å²) in [5.41, 5.74) is 0.771. The maximum atomic E-state index is 12.7. The van der Waals surface area contributed by atoms with Gasteiger partial charge in [-0.15, -0.1) is 11.8 Å². The van der Waals surface area contributed by atoms with E-state index in [0.717, 1.165) is 10.5 Å². The first-order valence-electron chi connectivity index (χ1n) is 7.29. The Bertz CT molecular complexity index is 523. The van der Waals surface area contributed by atoms with E-state index in [-0.39, 0.29) is 11.8 Å². The summed E-state index contributed by atoms with van der Waals surface area (Å²) >= 11 is 1.71. The van der Waals surface area contributed by atoms with E-state index in [1.165, 1.54) is 0 Å². The van der Waals surface area contributed by atoms with E-state index >= 15 is 0 Å². The smallest absolute Gasteiger partial charge is 0.255 e. The van der Waals surface area contributed by atoms with Crippen molar-refractivity contribution < 1.29 is 9.59 Å². The predicted molar refractivity (Wildman–Crippen MR) is 85.6 cm³/mol. The van der Waals surface area contributed by atoms with Crippen LogP contribution in [0.4, 0.5) is 0 Å². The molecule has 1 heterocycles. The summed E-state index contributed by atoms with van der Waals surface area (Å²) in [6.07, 6.45) is 0. The molecule has 0 aromatic heterocycles. The monoisotopic (exact) mass is 306 g/mol. The van der Waals surface area contributed by atoms with Gasteiger partial charge in [0.05, 0.1) is 5.56 Å². The van der Waals surface area contributed by atoms with E-state index in [9.17, 15) is 9.59 Å². The lowest BCUT2D eigenvalue weighted by molar-refractivity contribution is -0.130. The highest BCUT2D eigenvalue weighted by Crippen LogP contribution is 2.27. The number of rotatable bonds is 3. The zero-order chi connectivity index (χ0) is 15.4. The second kappa shape index (κ2) is 6.98. The number of benzene rings is 1. The second-order valence-corrected chi connectivity index (χ2v) is 7.08. The van der Waals surface area contributed by atoms with Crippen LogP contribution >= 0.6 is 11.8 Å². The molecule has 2 amide bonds. The van der Waals surface area contributed by atoms with Crippen molar-refractivity contribution in [3.05, 3.63) is 29.8 Å². The van der Waals surface area contributed by atoms with E-state index in [0.29, 0.717) is 31.4 Å². The highest BCUT2D eigenvalue weighted by atomic mass is 32.2. The molecule has 1 aromatic rings. The standard InChI is InChI=1S/C16H22N2O2S/c1-12(2)21-15-7-5-4-6-14(15)16(20)18-10-8-17(9-11-18)13(3)19/h4-7,12H,8-11H2,1-3H3. The van der Waals surface area contributed by atoms with Crippen LogP contribution in [0.1, 0.15) is 31.1 Å². The molecule has 1 saturated heterocycles. The largest absolute Gasteiger partial charge is 0.339 e. The van der Waals surface area contributed by atoms with Crippen molar-refractivity contribution >= 4 is 23.6 Å². The van der Waals surface area contributed by atoms with Crippen LogP contribution < -0.4 is 0 Å². The van der Waals surface area contributed by atoms with Crippen molar-refractivity contribution in [1.29, 1.82) is 0 Å². The fourth-order valence-corrected chi connectivity index (χ4v) is 3.34. The Morgan fingerprint density at radius 1 is 1.05 bits per heavy atom. The van der Waals surface area contributed by atoms with Crippen LogP contribution in [0.3, 0.4) is 0 Å². The Hall–Kier alpha value is -1.49. The second-order valence-electron chi connectivity index (χ2n) is 5.46. The minimum atomic E-state index is 0.0713. The first kappa shape index (κ1) is 15.9. The molecular weight excluding hydrogens is 284 g/mol. The number of hydrogen-bond donors (Lipinski definition) is 0. The van der Waals surface area contributed by atoms with Crippen molar-refractivity contribution in [2.24, 2.45) is 0 Å². The highest BCUT2D eigenvalue weighted by molar-refractivity contribution is 8.00. The van der Waals surface area contributed by atoms with Crippen LogP contribution in [0.2, 0.25) is 0 Å². The fraction of sp³-hybridized carbons (Fsp3) is 0.500. The third-order valence-electron chi connectivity index (χ3n) is 3.49. The molecule has 114 valence electrons. The maximum absolute atomic E-state index is 12.7. The fourth-order valence-electron chi connectivity index (χ4n) is 2.39. The molecule has 0 spiro atoms. The van der Waals surface area contributed by atoms with Crippen molar-refractivity contribution in [2.45, 2.75) is 30.9 Å². The summed E-state index contributed by atoms with van der Waals surface area (Å²) in [6, 6.07) is 7.77. The number of piperazine rings is 1. The van der Waals surface area contributed by atoms with Crippen LogP contribution in [0.15, 0.2) is 29.2 Å². The molecule has 0 atom stereocenters. The van der Waals surface area contributed by atoms with Crippen molar-refractivity contribution in [1.82, 2.24) is 9.80 Å². The summed E-state index contributed by atoms with van der Waals surface area (Å²) < 4.78 is 0. The summed E-state index contributed by atoms with van der Waals surface area (Å²) in [7, 11) is 0. The number of thioether (sulfide) groups is 1. The lowest BCUT2D eigenvalue weighted by atomic mass is 10.2. The van der Waals surface area contributed by atoms with Gasteiger partial charge in [0.15, 0.2) is 0 Å². The van der Waals surface area contributed by atoms with Gasteiger partial charge in [-0.1, -0.05) is 26.0 Å². The molecule has 0 aliphatic carbocycles. The van der Waals surface area contributed by atoms with E-state index in [2.05, 4.69) is 13.8 Å². The van der Waals surface area contributed by atoms with Crippen LogP contribution in [0, 0.1) is 0 Å². The first-order valence-corrected chi connectivity index (χ1v) is 8.17.